The number of pyridine rings is 1. The lowest BCUT2D eigenvalue weighted by Crippen LogP contribution is -2.40. The summed E-state index contributed by atoms with van der Waals surface area (Å²) in [4.78, 5) is 20.0. The molecule has 0 saturated carbocycles. The van der Waals surface area contributed by atoms with E-state index in [0.717, 1.165) is 24.2 Å². The number of nitrogens with one attached hydrogen (secondary N) is 1. The van der Waals surface area contributed by atoms with Gasteiger partial charge < -0.3 is 10.2 Å². The Morgan fingerprint density at radius 1 is 1.13 bits per heavy atom. The third-order valence-electron chi connectivity index (χ3n) is 5.05. The minimum absolute atomic E-state index is 0.0400. The van der Waals surface area contributed by atoms with E-state index in [0.29, 0.717) is 45.0 Å². The second-order valence-corrected chi connectivity index (χ2v) is 7.78. The van der Waals surface area contributed by atoms with Gasteiger partial charge >= 0.3 is 6.18 Å². The number of nitrogens with zero attached hydrogens (tertiary/aromatic N) is 3. The molecule has 1 saturated heterocycles. The van der Waals surface area contributed by atoms with Gasteiger partial charge in [-0.25, -0.2) is 9.37 Å². The maximum absolute atomic E-state index is 12.9. The third-order valence-corrected chi connectivity index (χ3v) is 5.33. The minimum atomic E-state index is -4.49. The van der Waals surface area contributed by atoms with Gasteiger partial charge in [-0.2, -0.15) is 13.2 Å². The molecule has 0 bridgehead atoms. The average Bonchev–Trinajstić information content (AvgIpc) is 2.94. The quantitative estimate of drug-likeness (QED) is 0.670. The van der Waals surface area contributed by atoms with E-state index in [9.17, 15) is 22.4 Å². The Bertz CT molecular complexity index is 892. The number of rotatable bonds is 6. The largest absolute Gasteiger partial charge is 0.417 e. The summed E-state index contributed by atoms with van der Waals surface area (Å²) < 4.78 is 51.3. The van der Waals surface area contributed by atoms with E-state index in [-0.39, 0.29) is 23.3 Å². The van der Waals surface area contributed by atoms with E-state index < -0.39 is 11.7 Å². The molecule has 168 valence electrons. The normalized spacial score (nSPS) is 15.6. The number of amides is 1. The number of hydrogen-bond acceptors (Lipinski definition) is 4. The summed E-state index contributed by atoms with van der Waals surface area (Å²) in [6, 6.07) is 7.04. The van der Waals surface area contributed by atoms with Crippen LogP contribution in [-0.2, 0) is 17.4 Å². The molecule has 1 aromatic heterocycles. The molecule has 3 rings (SSSR count). The first-order valence-corrected chi connectivity index (χ1v) is 10.3. The monoisotopic (exact) mass is 458 g/mol. The number of hydrogen-bond donors (Lipinski definition) is 1. The van der Waals surface area contributed by atoms with Gasteiger partial charge in [-0.1, -0.05) is 23.7 Å². The first-order chi connectivity index (χ1) is 14.7. The van der Waals surface area contributed by atoms with Crippen LogP contribution in [0.4, 0.5) is 23.4 Å². The van der Waals surface area contributed by atoms with Crippen molar-refractivity contribution in [1.82, 2.24) is 15.2 Å². The fourth-order valence-corrected chi connectivity index (χ4v) is 3.70. The zero-order chi connectivity index (χ0) is 22.4. The molecular weight excluding hydrogens is 436 g/mol. The fourth-order valence-electron chi connectivity index (χ4n) is 3.42. The van der Waals surface area contributed by atoms with Gasteiger partial charge in [0.25, 0.3) is 0 Å². The highest BCUT2D eigenvalue weighted by Gasteiger charge is 2.32. The van der Waals surface area contributed by atoms with Crippen LogP contribution in [0.2, 0.25) is 5.02 Å². The summed E-state index contributed by atoms with van der Waals surface area (Å²) >= 11 is 6.06. The van der Waals surface area contributed by atoms with E-state index in [1.54, 1.807) is 12.1 Å². The molecule has 1 aliphatic heterocycles. The molecule has 1 N–H and O–H groups in total. The summed E-state index contributed by atoms with van der Waals surface area (Å²) in [6.07, 6.45) is -2.37. The first kappa shape index (κ1) is 23.3. The van der Waals surface area contributed by atoms with Crippen LogP contribution in [0.1, 0.15) is 17.5 Å². The van der Waals surface area contributed by atoms with Crippen molar-refractivity contribution in [3.8, 4) is 0 Å². The highest BCUT2D eigenvalue weighted by molar-refractivity contribution is 6.33. The van der Waals surface area contributed by atoms with Crippen molar-refractivity contribution >= 4 is 23.3 Å². The minimum Gasteiger partial charge on any atom is -0.355 e. The Balaban J connectivity index is 1.47. The molecule has 0 unspecified atom stereocenters. The highest BCUT2D eigenvalue weighted by Crippen LogP contribution is 2.33. The Labute approximate surface area is 183 Å². The third kappa shape index (κ3) is 6.80. The first-order valence-electron chi connectivity index (χ1n) is 9.93. The molecular formula is C21H23ClF4N4O. The summed E-state index contributed by atoms with van der Waals surface area (Å²) in [5.41, 5.74) is 0.0584. The van der Waals surface area contributed by atoms with Crippen LogP contribution in [-0.4, -0.2) is 55.1 Å². The van der Waals surface area contributed by atoms with Gasteiger partial charge in [0.2, 0.25) is 5.91 Å². The van der Waals surface area contributed by atoms with E-state index in [4.69, 9.17) is 11.6 Å². The van der Waals surface area contributed by atoms with Crippen molar-refractivity contribution in [1.29, 1.82) is 0 Å². The van der Waals surface area contributed by atoms with Crippen LogP contribution in [0.15, 0.2) is 36.5 Å². The van der Waals surface area contributed by atoms with Crippen LogP contribution in [0.3, 0.4) is 0 Å². The van der Waals surface area contributed by atoms with Crippen molar-refractivity contribution in [2.75, 3.05) is 44.2 Å². The Morgan fingerprint density at radius 3 is 2.55 bits per heavy atom. The van der Waals surface area contributed by atoms with Gasteiger partial charge in [-0.15, -0.1) is 0 Å². The number of aromatic nitrogens is 1. The standard InChI is InChI=1S/C21H23ClF4N4O/c22-18-12-16(21(24,25)26)13-28-20(18)30-9-1-8-29(10-11-30)14-19(31)27-7-6-15-2-4-17(23)5-3-15/h2-5,12-13H,1,6-11,14H2,(H,27,31). The number of anilines is 1. The van der Waals surface area contributed by atoms with Gasteiger partial charge in [0, 0.05) is 38.9 Å². The van der Waals surface area contributed by atoms with E-state index >= 15 is 0 Å². The predicted molar refractivity (Wildman–Crippen MR) is 111 cm³/mol. The average molecular weight is 459 g/mol. The second-order valence-electron chi connectivity index (χ2n) is 7.37. The van der Waals surface area contributed by atoms with E-state index in [1.165, 1.54) is 12.1 Å². The van der Waals surface area contributed by atoms with Crippen LogP contribution >= 0.6 is 11.6 Å². The van der Waals surface area contributed by atoms with Gasteiger partial charge in [-0.05, 0) is 36.6 Å². The maximum Gasteiger partial charge on any atom is 0.417 e. The lowest BCUT2D eigenvalue weighted by molar-refractivity contribution is -0.137. The topological polar surface area (TPSA) is 48.5 Å². The second kappa shape index (κ2) is 10.3. The van der Waals surface area contributed by atoms with Crippen LogP contribution < -0.4 is 10.2 Å². The van der Waals surface area contributed by atoms with Crippen molar-refractivity contribution in [2.45, 2.75) is 19.0 Å². The molecule has 0 atom stereocenters. The van der Waals surface area contributed by atoms with E-state index in [1.807, 2.05) is 9.80 Å². The molecule has 5 nitrogen and oxygen atoms in total. The van der Waals surface area contributed by atoms with Crippen molar-refractivity contribution in [3.05, 3.63) is 58.5 Å². The smallest absolute Gasteiger partial charge is 0.355 e. The number of carbonyl (C=O) groups is 1. The molecule has 0 spiro atoms. The number of halogens is 5. The Hall–Kier alpha value is -2.39. The van der Waals surface area contributed by atoms with Gasteiger partial charge in [-0.3, -0.25) is 9.69 Å². The zero-order valence-electron chi connectivity index (χ0n) is 16.8. The predicted octanol–water partition coefficient (Wildman–Crippen LogP) is 3.76. The zero-order valence-corrected chi connectivity index (χ0v) is 17.5. The molecule has 1 fully saturated rings. The molecule has 10 heteroatoms. The van der Waals surface area contributed by atoms with Crippen molar-refractivity contribution < 1.29 is 22.4 Å². The van der Waals surface area contributed by atoms with Crippen molar-refractivity contribution in [3.63, 3.8) is 0 Å². The number of benzene rings is 1. The molecule has 1 aliphatic rings. The van der Waals surface area contributed by atoms with Gasteiger partial charge in [0.1, 0.15) is 11.6 Å². The van der Waals surface area contributed by atoms with Crippen LogP contribution in [0.25, 0.3) is 0 Å². The molecule has 1 aromatic carbocycles. The molecule has 1 amide bonds. The summed E-state index contributed by atoms with van der Waals surface area (Å²) in [5, 5.41) is 2.82. The maximum atomic E-state index is 12.9. The number of carbonyl (C=O) groups excluding carboxylic acids is 1. The Morgan fingerprint density at radius 2 is 1.87 bits per heavy atom. The van der Waals surface area contributed by atoms with Crippen LogP contribution in [0.5, 0.6) is 0 Å². The summed E-state index contributed by atoms with van der Waals surface area (Å²) in [7, 11) is 0. The highest BCUT2D eigenvalue weighted by atomic mass is 35.5. The lowest BCUT2D eigenvalue weighted by atomic mass is 10.1. The molecule has 0 aliphatic carbocycles. The summed E-state index contributed by atoms with van der Waals surface area (Å²) in [5.74, 6) is -0.0858. The number of alkyl halides is 3. The summed E-state index contributed by atoms with van der Waals surface area (Å²) in [6.45, 7) is 3.01. The molecule has 2 aromatic rings. The van der Waals surface area contributed by atoms with Crippen molar-refractivity contribution in [2.24, 2.45) is 0 Å². The van der Waals surface area contributed by atoms with Gasteiger partial charge in [0.05, 0.1) is 17.1 Å². The molecule has 2 heterocycles. The lowest BCUT2D eigenvalue weighted by Gasteiger charge is -2.23. The SMILES string of the molecule is O=C(CN1CCCN(c2ncc(C(F)(F)F)cc2Cl)CC1)NCCc1ccc(F)cc1. The molecule has 0 radical (unpaired) electrons. The van der Waals surface area contributed by atoms with Gasteiger partial charge in [0.15, 0.2) is 0 Å². The van der Waals surface area contributed by atoms with E-state index in [2.05, 4.69) is 10.3 Å². The van der Waals surface area contributed by atoms with Crippen LogP contribution in [0, 0.1) is 5.82 Å². The fraction of sp³-hybridized carbons (Fsp3) is 0.429. The molecule has 31 heavy (non-hydrogen) atoms. The Kier molecular flexibility index (Phi) is 7.72.